The van der Waals surface area contributed by atoms with Crippen LogP contribution in [0.15, 0.2) is 0 Å². The number of carbonyl (C=O) groups excluding carboxylic acids is 1. The third kappa shape index (κ3) is 18.0. The van der Waals surface area contributed by atoms with Crippen LogP contribution in [0.25, 0.3) is 0 Å². The molecule has 4 nitrogen and oxygen atoms in total. The van der Waals surface area contributed by atoms with Crippen LogP contribution in [0, 0.1) is 5.92 Å². The van der Waals surface area contributed by atoms with E-state index < -0.39 is 0 Å². The minimum Gasteiger partial charge on any atom is -0.463 e. The average molecular weight is 359 g/mol. The molecule has 0 rings (SSSR count). The number of rotatable bonds is 18. The topological polar surface area (TPSA) is 44.8 Å². The summed E-state index contributed by atoms with van der Waals surface area (Å²) in [4.78, 5) is 11.7. The molecule has 0 aliphatic rings. The van der Waals surface area contributed by atoms with Crippen LogP contribution in [0.5, 0.6) is 0 Å². The fourth-order valence-electron chi connectivity index (χ4n) is 2.86. The number of ether oxygens (including phenoxy) is 3. The summed E-state index contributed by atoms with van der Waals surface area (Å²) in [6.07, 6.45) is 14.6. The molecule has 150 valence electrons. The zero-order valence-electron chi connectivity index (χ0n) is 17.2. The van der Waals surface area contributed by atoms with Gasteiger partial charge in [-0.3, -0.25) is 4.79 Å². The van der Waals surface area contributed by atoms with Crippen LogP contribution in [0.3, 0.4) is 0 Å². The highest BCUT2D eigenvalue weighted by Gasteiger charge is 2.10. The zero-order chi connectivity index (χ0) is 18.8. The Morgan fingerprint density at radius 1 is 0.760 bits per heavy atom. The summed E-state index contributed by atoms with van der Waals surface area (Å²) in [7, 11) is 3.21. The lowest BCUT2D eigenvalue weighted by Gasteiger charge is -2.14. The van der Waals surface area contributed by atoms with E-state index in [1.807, 2.05) is 0 Å². The largest absolute Gasteiger partial charge is 0.463 e. The summed E-state index contributed by atoms with van der Waals surface area (Å²) >= 11 is 0. The fraction of sp³-hybridized carbons (Fsp3) is 0.952. The predicted molar refractivity (Wildman–Crippen MR) is 104 cm³/mol. The first-order chi connectivity index (χ1) is 12.1. The molecular formula is C21H42O4. The second-order valence-electron chi connectivity index (χ2n) is 7.46. The van der Waals surface area contributed by atoms with Gasteiger partial charge < -0.3 is 14.2 Å². The first-order valence-corrected chi connectivity index (χ1v) is 10.3. The Balaban J connectivity index is 3.28. The summed E-state index contributed by atoms with van der Waals surface area (Å²) in [6, 6.07) is 0. The van der Waals surface area contributed by atoms with Crippen LogP contribution in [-0.4, -0.2) is 39.5 Å². The van der Waals surface area contributed by atoms with Gasteiger partial charge in [-0.1, -0.05) is 78.1 Å². The molecule has 1 unspecified atom stereocenters. The van der Waals surface area contributed by atoms with Crippen LogP contribution in [0.2, 0.25) is 0 Å². The van der Waals surface area contributed by atoms with Gasteiger partial charge in [0.15, 0.2) is 0 Å². The van der Waals surface area contributed by atoms with E-state index in [1.54, 1.807) is 14.2 Å². The Kier molecular flexibility index (Phi) is 17.7. The second-order valence-corrected chi connectivity index (χ2v) is 7.46. The van der Waals surface area contributed by atoms with Crippen molar-refractivity contribution in [1.82, 2.24) is 0 Å². The summed E-state index contributed by atoms with van der Waals surface area (Å²) < 4.78 is 15.4. The number of esters is 1. The van der Waals surface area contributed by atoms with E-state index in [1.165, 1.54) is 57.8 Å². The highest BCUT2D eigenvalue weighted by molar-refractivity contribution is 5.69. The Labute approximate surface area is 156 Å². The molecule has 0 N–H and O–H groups in total. The SMILES string of the molecule is COCC(COC(=O)CCCCCCCCCCCCC(C)C)OC. The second kappa shape index (κ2) is 18.2. The molecule has 0 saturated heterocycles. The fourth-order valence-corrected chi connectivity index (χ4v) is 2.86. The predicted octanol–water partition coefficient (Wildman–Crippen LogP) is 5.53. The summed E-state index contributed by atoms with van der Waals surface area (Å²) in [5.74, 6) is 0.726. The van der Waals surface area contributed by atoms with Crippen molar-refractivity contribution >= 4 is 5.97 Å². The van der Waals surface area contributed by atoms with E-state index in [-0.39, 0.29) is 18.7 Å². The van der Waals surface area contributed by atoms with Crippen molar-refractivity contribution in [3.63, 3.8) is 0 Å². The lowest BCUT2D eigenvalue weighted by atomic mass is 10.0. The normalized spacial score (nSPS) is 12.5. The number of methoxy groups -OCH3 is 2. The third-order valence-corrected chi connectivity index (χ3v) is 4.53. The summed E-state index contributed by atoms with van der Waals surface area (Å²) in [5.41, 5.74) is 0. The van der Waals surface area contributed by atoms with Gasteiger partial charge in [0, 0.05) is 20.6 Å². The number of hydrogen-bond acceptors (Lipinski definition) is 4. The van der Waals surface area contributed by atoms with Gasteiger partial charge in [-0.25, -0.2) is 0 Å². The van der Waals surface area contributed by atoms with Crippen LogP contribution in [0.4, 0.5) is 0 Å². The monoisotopic (exact) mass is 358 g/mol. The van der Waals surface area contributed by atoms with Gasteiger partial charge in [-0.05, 0) is 12.3 Å². The van der Waals surface area contributed by atoms with Gasteiger partial charge in [0.2, 0.25) is 0 Å². The molecule has 0 saturated carbocycles. The zero-order valence-corrected chi connectivity index (χ0v) is 17.2. The quantitative estimate of drug-likeness (QED) is 0.239. The maximum Gasteiger partial charge on any atom is 0.305 e. The molecule has 0 bridgehead atoms. The van der Waals surface area contributed by atoms with Crippen molar-refractivity contribution in [2.24, 2.45) is 5.92 Å². The van der Waals surface area contributed by atoms with E-state index in [4.69, 9.17) is 14.2 Å². The smallest absolute Gasteiger partial charge is 0.305 e. The van der Waals surface area contributed by atoms with Gasteiger partial charge in [0.05, 0.1) is 6.61 Å². The van der Waals surface area contributed by atoms with Gasteiger partial charge in [0.25, 0.3) is 0 Å². The van der Waals surface area contributed by atoms with Gasteiger partial charge >= 0.3 is 5.97 Å². The lowest BCUT2D eigenvalue weighted by molar-refractivity contribution is -0.148. The van der Waals surface area contributed by atoms with Crippen LogP contribution in [0.1, 0.15) is 90.9 Å². The van der Waals surface area contributed by atoms with Crippen molar-refractivity contribution in [3.05, 3.63) is 0 Å². The molecule has 0 spiro atoms. The molecule has 4 heteroatoms. The average Bonchev–Trinajstić information content (AvgIpc) is 2.59. The molecule has 0 aromatic carbocycles. The molecule has 25 heavy (non-hydrogen) atoms. The molecule has 0 heterocycles. The molecule has 0 aliphatic carbocycles. The van der Waals surface area contributed by atoms with E-state index in [0.717, 1.165) is 18.8 Å². The third-order valence-electron chi connectivity index (χ3n) is 4.53. The molecule has 0 fully saturated rings. The lowest BCUT2D eigenvalue weighted by Crippen LogP contribution is -2.25. The van der Waals surface area contributed by atoms with Crippen LogP contribution < -0.4 is 0 Å². The standard InChI is InChI=1S/C21H42O4/c1-19(2)15-13-11-9-7-5-6-8-10-12-14-16-21(22)25-18-20(24-4)17-23-3/h19-20H,5-18H2,1-4H3. The van der Waals surface area contributed by atoms with E-state index in [9.17, 15) is 4.79 Å². The molecule has 1 atom stereocenters. The number of carbonyl (C=O) groups is 1. The van der Waals surface area contributed by atoms with Crippen molar-refractivity contribution < 1.29 is 19.0 Å². The van der Waals surface area contributed by atoms with Crippen molar-refractivity contribution in [2.45, 2.75) is 97.0 Å². The first kappa shape index (κ1) is 24.4. The molecule has 0 aliphatic heterocycles. The van der Waals surface area contributed by atoms with Crippen molar-refractivity contribution in [1.29, 1.82) is 0 Å². The molecule has 0 aromatic heterocycles. The Morgan fingerprint density at radius 3 is 1.76 bits per heavy atom. The Bertz CT molecular complexity index is 292. The van der Waals surface area contributed by atoms with Gasteiger partial charge in [-0.15, -0.1) is 0 Å². The Morgan fingerprint density at radius 2 is 1.28 bits per heavy atom. The number of hydrogen-bond donors (Lipinski definition) is 0. The molecule has 0 amide bonds. The van der Waals surface area contributed by atoms with Crippen molar-refractivity contribution in [2.75, 3.05) is 27.4 Å². The molecule has 0 aromatic rings. The number of unbranched alkanes of at least 4 members (excludes halogenated alkanes) is 9. The van der Waals surface area contributed by atoms with E-state index >= 15 is 0 Å². The molecular weight excluding hydrogens is 316 g/mol. The maximum absolute atomic E-state index is 11.7. The van der Waals surface area contributed by atoms with Crippen LogP contribution in [-0.2, 0) is 19.0 Å². The maximum atomic E-state index is 11.7. The molecule has 0 radical (unpaired) electrons. The minimum absolute atomic E-state index is 0.125. The first-order valence-electron chi connectivity index (χ1n) is 10.3. The van der Waals surface area contributed by atoms with Crippen molar-refractivity contribution in [3.8, 4) is 0 Å². The Hall–Kier alpha value is -0.610. The summed E-state index contributed by atoms with van der Waals surface area (Å²) in [6.45, 7) is 5.33. The van der Waals surface area contributed by atoms with Gasteiger partial charge in [-0.2, -0.15) is 0 Å². The highest BCUT2D eigenvalue weighted by atomic mass is 16.6. The highest BCUT2D eigenvalue weighted by Crippen LogP contribution is 2.13. The van der Waals surface area contributed by atoms with E-state index in [2.05, 4.69) is 13.8 Å². The summed E-state index contributed by atoms with van der Waals surface area (Å²) in [5, 5.41) is 0. The van der Waals surface area contributed by atoms with Gasteiger partial charge in [0.1, 0.15) is 12.7 Å². The van der Waals surface area contributed by atoms with Crippen LogP contribution >= 0.6 is 0 Å². The van der Waals surface area contributed by atoms with E-state index in [0.29, 0.717) is 13.0 Å². The minimum atomic E-state index is -0.167.